The molecule has 0 aliphatic heterocycles. The molecule has 0 aromatic heterocycles. The van der Waals surface area contributed by atoms with Crippen LogP contribution < -0.4 is 4.89 Å². The second kappa shape index (κ2) is 2.83. The fourth-order valence-corrected chi connectivity index (χ4v) is 0.545. The maximum atomic E-state index is 9.87. The molecule has 1 unspecified atom stereocenters. The summed E-state index contributed by atoms with van der Waals surface area (Å²) in [5, 5.41) is 0. The number of ketones is 1. The monoisotopic (exact) mass is 120 g/mol. The number of Topliss-reactive ketones (excluding diaryl/α,β-unsaturated/α-hetero) is 1. The second-order valence-corrected chi connectivity index (χ2v) is 2.17. The van der Waals surface area contributed by atoms with Crippen molar-refractivity contribution >= 4 is 13.8 Å². The van der Waals surface area contributed by atoms with E-state index in [1.807, 2.05) is 0 Å². The van der Waals surface area contributed by atoms with Crippen molar-refractivity contribution in [2.45, 2.75) is 6.92 Å². The van der Waals surface area contributed by atoms with Gasteiger partial charge in [0, 0.05) is 0 Å². The van der Waals surface area contributed by atoms with Gasteiger partial charge in [-0.15, -0.1) is 0 Å². The van der Waals surface area contributed by atoms with E-state index in [9.17, 15) is 14.3 Å². The van der Waals surface area contributed by atoms with Crippen LogP contribution >= 0.6 is 8.03 Å². The summed E-state index contributed by atoms with van der Waals surface area (Å²) in [7, 11) is -2.49. The standard InChI is InChI=1S/C3H5O3P/c1-3(4)2-7(5)6/h2H2,1H3. The Morgan fingerprint density at radius 3 is 2.29 bits per heavy atom. The fourth-order valence-electron chi connectivity index (χ4n) is 0.182. The third-order valence-electron chi connectivity index (χ3n) is 0.352. The lowest BCUT2D eigenvalue weighted by molar-refractivity contribution is -0.164. The van der Waals surface area contributed by atoms with Crippen LogP contribution in [0.5, 0.6) is 0 Å². The SMILES string of the molecule is CC(=O)C[P+](=O)[O-]. The zero-order chi connectivity index (χ0) is 5.86. The molecule has 0 spiro atoms. The topological polar surface area (TPSA) is 57.2 Å². The Labute approximate surface area is 42.2 Å². The molecule has 0 N–H and O–H groups in total. The van der Waals surface area contributed by atoms with Gasteiger partial charge in [-0.25, -0.2) is 0 Å². The van der Waals surface area contributed by atoms with E-state index in [0.717, 1.165) is 0 Å². The fraction of sp³-hybridized carbons (Fsp3) is 0.667. The molecule has 0 bridgehead atoms. The summed E-state index contributed by atoms with van der Waals surface area (Å²) >= 11 is 0. The summed E-state index contributed by atoms with van der Waals surface area (Å²) in [6.07, 6.45) is -0.324. The van der Waals surface area contributed by atoms with E-state index in [1.165, 1.54) is 6.92 Å². The molecule has 40 valence electrons. The van der Waals surface area contributed by atoms with Crippen molar-refractivity contribution in [3.05, 3.63) is 0 Å². The van der Waals surface area contributed by atoms with Gasteiger partial charge < -0.3 is 4.89 Å². The predicted molar refractivity (Wildman–Crippen MR) is 23.2 cm³/mol. The molecule has 0 aliphatic carbocycles. The van der Waals surface area contributed by atoms with Gasteiger partial charge in [-0.05, 0) is 6.92 Å². The zero-order valence-electron chi connectivity index (χ0n) is 3.88. The number of hydrogen-bond donors (Lipinski definition) is 0. The average molecular weight is 120 g/mol. The van der Waals surface area contributed by atoms with Crippen LogP contribution in [0.25, 0.3) is 0 Å². The van der Waals surface area contributed by atoms with Crippen molar-refractivity contribution in [2.75, 3.05) is 6.16 Å². The molecule has 7 heavy (non-hydrogen) atoms. The van der Waals surface area contributed by atoms with Crippen molar-refractivity contribution in [3.63, 3.8) is 0 Å². The van der Waals surface area contributed by atoms with Gasteiger partial charge in [0.25, 0.3) is 0 Å². The summed E-state index contributed by atoms with van der Waals surface area (Å²) < 4.78 is 9.63. The third kappa shape index (κ3) is 5.73. The van der Waals surface area contributed by atoms with E-state index in [4.69, 9.17) is 0 Å². The summed E-state index contributed by atoms with van der Waals surface area (Å²) in [5.74, 6) is -0.309. The number of rotatable bonds is 2. The van der Waals surface area contributed by atoms with Crippen LogP contribution in [-0.2, 0) is 9.36 Å². The molecule has 0 aromatic carbocycles. The Kier molecular flexibility index (Phi) is 2.72. The largest absolute Gasteiger partial charge is 0.595 e. The van der Waals surface area contributed by atoms with Crippen LogP contribution in [0.4, 0.5) is 0 Å². The highest BCUT2D eigenvalue weighted by Gasteiger charge is 2.02. The molecule has 0 aliphatic rings. The Morgan fingerprint density at radius 1 is 1.86 bits per heavy atom. The molecule has 3 nitrogen and oxygen atoms in total. The maximum absolute atomic E-state index is 9.87. The number of carbonyl (C=O) groups is 1. The second-order valence-electron chi connectivity index (χ2n) is 1.19. The zero-order valence-corrected chi connectivity index (χ0v) is 4.77. The van der Waals surface area contributed by atoms with Crippen molar-refractivity contribution < 1.29 is 14.3 Å². The molecular weight excluding hydrogens is 115 g/mol. The van der Waals surface area contributed by atoms with Gasteiger partial charge >= 0.3 is 8.03 Å². The van der Waals surface area contributed by atoms with E-state index in [-0.39, 0.29) is 11.9 Å². The highest BCUT2D eigenvalue weighted by atomic mass is 31.1. The van der Waals surface area contributed by atoms with E-state index in [2.05, 4.69) is 0 Å². The Bertz CT molecular complexity index is 86.4. The lowest BCUT2D eigenvalue weighted by Crippen LogP contribution is -1.99. The van der Waals surface area contributed by atoms with E-state index >= 15 is 0 Å². The highest BCUT2D eigenvalue weighted by molar-refractivity contribution is 7.37. The van der Waals surface area contributed by atoms with E-state index in [0.29, 0.717) is 0 Å². The van der Waals surface area contributed by atoms with Crippen LogP contribution in [-0.4, -0.2) is 11.9 Å². The Morgan fingerprint density at radius 2 is 2.29 bits per heavy atom. The first kappa shape index (κ1) is 6.73. The Balaban J connectivity index is 3.32. The lowest BCUT2D eigenvalue weighted by Gasteiger charge is -1.78. The van der Waals surface area contributed by atoms with E-state index in [1.54, 1.807) is 0 Å². The minimum absolute atomic E-state index is 0.309. The molecule has 4 heteroatoms. The highest BCUT2D eigenvalue weighted by Crippen LogP contribution is 2.03. The molecule has 0 amide bonds. The molecule has 0 aromatic rings. The van der Waals surface area contributed by atoms with Gasteiger partial charge in [-0.1, -0.05) is 4.57 Å². The van der Waals surface area contributed by atoms with Crippen molar-refractivity contribution in [1.29, 1.82) is 0 Å². The summed E-state index contributed by atoms with van der Waals surface area (Å²) in [6, 6.07) is 0. The van der Waals surface area contributed by atoms with Gasteiger partial charge in [0.15, 0.2) is 5.78 Å². The minimum Gasteiger partial charge on any atom is -0.595 e. The van der Waals surface area contributed by atoms with Crippen LogP contribution in [0.1, 0.15) is 6.92 Å². The molecule has 0 saturated heterocycles. The maximum Gasteiger partial charge on any atom is 0.316 e. The summed E-state index contributed by atoms with van der Waals surface area (Å²) in [4.78, 5) is 19.5. The van der Waals surface area contributed by atoms with Crippen LogP contribution in [0.15, 0.2) is 0 Å². The Hall–Kier alpha value is -0.270. The molecule has 0 radical (unpaired) electrons. The normalized spacial score (nSPS) is 10.9. The first-order valence-electron chi connectivity index (χ1n) is 1.74. The molecule has 0 rings (SSSR count). The van der Waals surface area contributed by atoms with Gasteiger partial charge in [0.1, 0.15) is 0 Å². The van der Waals surface area contributed by atoms with Crippen LogP contribution in [0.2, 0.25) is 0 Å². The molecule has 0 saturated carbocycles. The third-order valence-corrected chi connectivity index (χ3v) is 1.06. The van der Waals surface area contributed by atoms with Gasteiger partial charge in [-0.2, -0.15) is 0 Å². The summed E-state index contributed by atoms with van der Waals surface area (Å²) in [5.41, 5.74) is 0. The van der Waals surface area contributed by atoms with Gasteiger partial charge in [-0.3, -0.25) is 4.79 Å². The van der Waals surface area contributed by atoms with Gasteiger partial charge in [0.05, 0.1) is 0 Å². The van der Waals surface area contributed by atoms with Crippen molar-refractivity contribution in [1.82, 2.24) is 0 Å². The first-order valence-corrected chi connectivity index (χ1v) is 3.10. The first-order chi connectivity index (χ1) is 3.13. The smallest absolute Gasteiger partial charge is 0.316 e. The molecule has 1 atom stereocenters. The van der Waals surface area contributed by atoms with Crippen molar-refractivity contribution in [2.24, 2.45) is 0 Å². The lowest BCUT2D eigenvalue weighted by atomic mass is 10.5. The van der Waals surface area contributed by atoms with Crippen molar-refractivity contribution in [3.8, 4) is 0 Å². The predicted octanol–water partition coefficient (Wildman–Crippen LogP) is -0.322. The molecule has 0 fully saturated rings. The number of carbonyl (C=O) groups excluding carboxylic acids is 1. The number of hydrogen-bond acceptors (Lipinski definition) is 3. The minimum atomic E-state index is -2.49. The quantitative estimate of drug-likeness (QED) is 0.469. The molecular formula is C3H5O3P. The van der Waals surface area contributed by atoms with Gasteiger partial charge in [0.2, 0.25) is 6.16 Å². The average Bonchev–Trinajstić information content (AvgIpc) is 1.27. The van der Waals surface area contributed by atoms with Crippen LogP contribution in [0, 0.1) is 0 Å². The van der Waals surface area contributed by atoms with Crippen LogP contribution in [0.3, 0.4) is 0 Å². The van der Waals surface area contributed by atoms with E-state index < -0.39 is 8.03 Å². The summed E-state index contributed by atoms with van der Waals surface area (Å²) in [6.45, 7) is 1.24. The molecule has 0 heterocycles.